The molecule has 0 unspecified atom stereocenters. The van der Waals surface area contributed by atoms with Gasteiger partial charge in [-0.3, -0.25) is 0 Å². The minimum atomic E-state index is -4.27. The molecule has 6 nitrogen and oxygen atoms in total. The number of carbonyl (C=O) groups is 1. The fourth-order valence-corrected chi connectivity index (χ4v) is 6.67. The van der Waals surface area contributed by atoms with Gasteiger partial charge in [-0.2, -0.15) is 0 Å². The number of ether oxygens (including phenoxy) is 2. The maximum absolute atomic E-state index is 11.9. The molecule has 0 spiro atoms. The Labute approximate surface area is 246 Å². The van der Waals surface area contributed by atoms with Crippen LogP contribution in [0.3, 0.4) is 0 Å². The van der Waals surface area contributed by atoms with Gasteiger partial charge in [-0.1, -0.05) is 54.1 Å². The number of hydrogen-bond acceptors (Lipinski definition) is 6. The summed E-state index contributed by atoms with van der Waals surface area (Å²) >= 11 is 0. The predicted octanol–water partition coefficient (Wildman–Crippen LogP) is 7.02. The molecule has 0 aliphatic heterocycles. The van der Waals surface area contributed by atoms with Crippen LogP contribution in [0, 0.1) is 20.8 Å². The van der Waals surface area contributed by atoms with Gasteiger partial charge < -0.3 is 14.0 Å². The first-order valence-corrected chi connectivity index (χ1v) is 15.7. The third-order valence-corrected chi connectivity index (χ3v) is 9.16. The fraction of sp³-hybridized carbons (Fsp3) is 0.242. The van der Waals surface area contributed by atoms with Gasteiger partial charge in [0.1, 0.15) is 21.5 Å². The number of carbonyl (C=O) groups excluding carboxylic acids is 1. The molecule has 0 heterocycles. The standard InChI is InChI=1S/C26H29O3S.C7H8O3S/c1-19-10-6-8-12-23(19)30(24-13-9-7-11-20(24)2)22-16-14-21(15-17-22)28-18-25(27)29-26(3,4)5;1-6-2-4-7(5-3-6)11(8,9)10/h6-17H,18H2,1-5H3;2-5H,1H3,(H,8,9,10)/q+1;/p-1. The summed E-state index contributed by atoms with van der Waals surface area (Å²) in [5.74, 6) is 0.286. The molecule has 0 N–H and O–H groups in total. The maximum Gasteiger partial charge on any atom is 0.344 e. The van der Waals surface area contributed by atoms with E-state index in [2.05, 4.69) is 74.5 Å². The molecular formula is C33H36O6S2. The number of esters is 1. The number of hydrogen-bond donors (Lipinski definition) is 0. The van der Waals surface area contributed by atoms with E-state index in [9.17, 15) is 17.8 Å². The molecule has 0 amide bonds. The first kappa shape index (κ1) is 31.9. The Bertz CT molecular complexity index is 1510. The topological polar surface area (TPSA) is 92.7 Å². The van der Waals surface area contributed by atoms with Crippen LogP contribution in [0.2, 0.25) is 0 Å². The molecule has 0 radical (unpaired) electrons. The van der Waals surface area contributed by atoms with Crippen LogP contribution in [0.25, 0.3) is 0 Å². The third kappa shape index (κ3) is 9.78. The Kier molecular flexibility index (Phi) is 10.8. The number of rotatable bonds is 7. The highest BCUT2D eigenvalue weighted by Crippen LogP contribution is 2.35. The fourth-order valence-electron chi connectivity index (χ4n) is 3.83. The molecule has 0 saturated carbocycles. The van der Waals surface area contributed by atoms with E-state index in [1.54, 1.807) is 12.1 Å². The SMILES string of the molecule is Cc1ccc(S(=O)(=O)[O-])cc1.Cc1ccccc1[S+](c1ccc(OCC(=O)OC(C)(C)C)cc1)c1ccccc1C. The van der Waals surface area contributed by atoms with Crippen LogP contribution in [0.15, 0.2) is 117 Å². The molecule has 0 aliphatic carbocycles. The van der Waals surface area contributed by atoms with Gasteiger partial charge in [0.2, 0.25) is 0 Å². The molecule has 4 aromatic rings. The van der Waals surface area contributed by atoms with Crippen LogP contribution >= 0.6 is 0 Å². The summed E-state index contributed by atoms with van der Waals surface area (Å²) in [6.45, 7) is 11.6. The summed E-state index contributed by atoms with van der Waals surface area (Å²) in [4.78, 5) is 15.6. The van der Waals surface area contributed by atoms with Crippen molar-refractivity contribution in [3.8, 4) is 5.75 Å². The second-order valence-corrected chi connectivity index (χ2v) is 13.8. The summed E-state index contributed by atoms with van der Waals surface area (Å²) in [5.41, 5.74) is 2.96. The Morgan fingerprint density at radius 1 is 0.756 bits per heavy atom. The monoisotopic (exact) mass is 592 g/mol. The molecule has 0 aromatic heterocycles. The van der Waals surface area contributed by atoms with Gasteiger partial charge >= 0.3 is 5.97 Å². The second-order valence-electron chi connectivity index (χ2n) is 10.5. The normalized spacial score (nSPS) is 11.4. The summed E-state index contributed by atoms with van der Waals surface area (Å²) in [6.07, 6.45) is 0. The predicted molar refractivity (Wildman–Crippen MR) is 161 cm³/mol. The van der Waals surface area contributed by atoms with Gasteiger partial charge in [0, 0.05) is 11.1 Å². The van der Waals surface area contributed by atoms with E-state index in [1.165, 1.54) is 37.9 Å². The molecule has 216 valence electrons. The van der Waals surface area contributed by atoms with Gasteiger partial charge in [0.25, 0.3) is 0 Å². The van der Waals surface area contributed by atoms with E-state index in [1.807, 2.05) is 39.8 Å². The Morgan fingerprint density at radius 2 is 1.24 bits per heavy atom. The molecule has 0 fully saturated rings. The highest BCUT2D eigenvalue weighted by Gasteiger charge is 2.31. The highest BCUT2D eigenvalue weighted by atomic mass is 32.2. The minimum Gasteiger partial charge on any atom is -0.744 e. The van der Waals surface area contributed by atoms with Gasteiger partial charge in [-0.15, -0.1) is 0 Å². The van der Waals surface area contributed by atoms with Crippen LogP contribution in [-0.4, -0.2) is 31.1 Å². The maximum atomic E-state index is 11.9. The van der Waals surface area contributed by atoms with Gasteiger partial charge in [-0.25, -0.2) is 13.2 Å². The average Bonchev–Trinajstić information content (AvgIpc) is 2.90. The van der Waals surface area contributed by atoms with Crippen molar-refractivity contribution in [3.05, 3.63) is 114 Å². The summed E-state index contributed by atoms with van der Waals surface area (Å²) in [5, 5.41) is 0. The Balaban J connectivity index is 0.000000352. The molecule has 41 heavy (non-hydrogen) atoms. The smallest absolute Gasteiger partial charge is 0.344 e. The lowest BCUT2D eigenvalue weighted by Gasteiger charge is -2.19. The Hall–Kier alpha value is -3.59. The van der Waals surface area contributed by atoms with E-state index in [4.69, 9.17) is 9.47 Å². The first-order valence-electron chi connectivity index (χ1n) is 13.1. The molecular weight excluding hydrogens is 556 g/mol. The third-order valence-electron chi connectivity index (χ3n) is 5.77. The lowest BCUT2D eigenvalue weighted by Crippen LogP contribution is -2.27. The molecule has 0 aliphatic rings. The van der Waals surface area contributed by atoms with E-state index in [0.29, 0.717) is 5.75 Å². The highest BCUT2D eigenvalue weighted by molar-refractivity contribution is 7.97. The van der Waals surface area contributed by atoms with Gasteiger partial charge in [0.15, 0.2) is 21.3 Å². The molecule has 0 bridgehead atoms. The molecule has 0 saturated heterocycles. The van der Waals surface area contributed by atoms with Crippen molar-refractivity contribution in [3.63, 3.8) is 0 Å². The molecule has 4 aromatic carbocycles. The van der Waals surface area contributed by atoms with Gasteiger partial charge in [-0.05, 0) is 90.1 Å². The first-order chi connectivity index (χ1) is 19.2. The van der Waals surface area contributed by atoms with Crippen molar-refractivity contribution in [2.45, 2.75) is 66.7 Å². The minimum absolute atomic E-state index is 0.0993. The quantitative estimate of drug-likeness (QED) is 0.130. The van der Waals surface area contributed by atoms with E-state index in [-0.39, 0.29) is 28.4 Å². The second kappa shape index (κ2) is 13.9. The number of benzene rings is 4. The summed E-state index contributed by atoms with van der Waals surface area (Å²) in [7, 11) is -4.49. The van der Waals surface area contributed by atoms with Crippen LogP contribution in [-0.2, 0) is 30.5 Å². The molecule has 4 rings (SSSR count). The zero-order valence-electron chi connectivity index (χ0n) is 24.2. The van der Waals surface area contributed by atoms with Crippen molar-refractivity contribution in [1.82, 2.24) is 0 Å². The van der Waals surface area contributed by atoms with Crippen molar-refractivity contribution in [1.29, 1.82) is 0 Å². The van der Waals surface area contributed by atoms with E-state index >= 15 is 0 Å². The van der Waals surface area contributed by atoms with Crippen LogP contribution < -0.4 is 4.74 Å². The summed E-state index contributed by atoms with van der Waals surface area (Å²) in [6, 6.07) is 30.9. The van der Waals surface area contributed by atoms with Crippen molar-refractivity contribution >= 4 is 27.0 Å². The van der Waals surface area contributed by atoms with Gasteiger partial charge in [0.05, 0.1) is 15.8 Å². The zero-order chi connectivity index (χ0) is 30.2. The Morgan fingerprint density at radius 3 is 1.68 bits per heavy atom. The van der Waals surface area contributed by atoms with Crippen molar-refractivity contribution in [2.75, 3.05) is 6.61 Å². The largest absolute Gasteiger partial charge is 0.744 e. The van der Waals surface area contributed by atoms with Crippen molar-refractivity contribution < 1.29 is 27.2 Å². The summed E-state index contributed by atoms with van der Waals surface area (Å²) < 4.78 is 42.1. The lowest BCUT2D eigenvalue weighted by molar-refractivity contribution is -0.157. The molecule has 8 heteroatoms. The van der Waals surface area contributed by atoms with Crippen LogP contribution in [0.1, 0.15) is 37.5 Å². The van der Waals surface area contributed by atoms with Crippen molar-refractivity contribution in [2.24, 2.45) is 0 Å². The molecule has 0 atom stereocenters. The van der Waals surface area contributed by atoms with E-state index in [0.717, 1.165) is 5.56 Å². The lowest BCUT2D eigenvalue weighted by atomic mass is 10.2. The number of aryl methyl sites for hydroxylation is 3. The zero-order valence-corrected chi connectivity index (χ0v) is 25.8. The van der Waals surface area contributed by atoms with Crippen LogP contribution in [0.4, 0.5) is 0 Å². The average molecular weight is 593 g/mol. The van der Waals surface area contributed by atoms with Crippen LogP contribution in [0.5, 0.6) is 5.75 Å². The van der Waals surface area contributed by atoms with E-state index < -0.39 is 15.7 Å².